The Morgan fingerprint density at radius 1 is 1.00 bits per heavy atom. The van der Waals surface area contributed by atoms with Crippen LogP contribution in [0.4, 0.5) is 0 Å². The normalized spacial score (nSPS) is 25.5. The standard InChI is InChI=1S/C36H60O6/c1-10-13-31(21-25(4)16-11-15-24(3)20-26(5)30(9)37)17-12-14-23(2)18-19-32(38)22-33(39)27(6)35-28(7)34(40)29(8)36(41)42-35/h11,14-15,21,24-29,33-35,39-40H,10,12-13,16-20,22H2,1-9H3/b15-11+,23-14+,31-21+/t24-,25+,26-,27-,28+,29+,33+,34-,35+/m1/s1. The minimum atomic E-state index is -0.923. The summed E-state index contributed by atoms with van der Waals surface area (Å²) >= 11 is 0. The topological polar surface area (TPSA) is 101 Å². The lowest BCUT2D eigenvalue weighted by molar-refractivity contribution is -0.186. The van der Waals surface area contributed by atoms with Crippen LogP contribution < -0.4 is 0 Å². The van der Waals surface area contributed by atoms with Crippen molar-refractivity contribution >= 4 is 17.5 Å². The molecule has 0 aromatic rings. The molecule has 6 heteroatoms. The van der Waals surface area contributed by atoms with E-state index in [-0.39, 0.29) is 29.8 Å². The van der Waals surface area contributed by atoms with E-state index in [1.54, 1.807) is 20.8 Å². The van der Waals surface area contributed by atoms with E-state index < -0.39 is 36.1 Å². The van der Waals surface area contributed by atoms with Crippen LogP contribution in [0.1, 0.15) is 120 Å². The second-order valence-electron chi connectivity index (χ2n) is 13.2. The average molecular weight is 589 g/mol. The molecule has 0 radical (unpaired) electrons. The van der Waals surface area contributed by atoms with Gasteiger partial charge in [-0.3, -0.25) is 14.4 Å². The van der Waals surface area contributed by atoms with Crippen LogP contribution in [0.3, 0.4) is 0 Å². The molecule has 9 atom stereocenters. The third-order valence-electron chi connectivity index (χ3n) is 8.99. The third kappa shape index (κ3) is 13.5. The summed E-state index contributed by atoms with van der Waals surface area (Å²) in [6, 6.07) is 0. The molecule has 2 N–H and O–H groups in total. The van der Waals surface area contributed by atoms with Gasteiger partial charge >= 0.3 is 5.97 Å². The first-order chi connectivity index (χ1) is 19.7. The molecule has 0 bridgehead atoms. The predicted molar refractivity (Wildman–Crippen MR) is 171 cm³/mol. The van der Waals surface area contributed by atoms with Crippen LogP contribution in [0.5, 0.6) is 0 Å². The molecule has 1 rings (SSSR count). The highest BCUT2D eigenvalue weighted by Gasteiger charge is 2.44. The number of carbonyl (C=O) groups is 3. The van der Waals surface area contributed by atoms with Gasteiger partial charge in [-0.15, -0.1) is 0 Å². The number of ketones is 2. The highest BCUT2D eigenvalue weighted by atomic mass is 16.6. The molecule has 0 saturated carbocycles. The lowest BCUT2D eigenvalue weighted by Crippen LogP contribution is -2.51. The highest BCUT2D eigenvalue weighted by molar-refractivity contribution is 5.79. The zero-order chi connectivity index (χ0) is 32.0. The zero-order valence-electron chi connectivity index (χ0n) is 27.9. The van der Waals surface area contributed by atoms with E-state index in [1.165, 1.54) is 11.1 Å². The Kier molecular flexibility index (Phi) is 17.4. The zero-order valence-corrected chi connectivity index (χ0v) is 27.9. The highest BCUT2D eigenvalue weighted by Crippen LogP contribution is 2.32. The van der Waals surface area contributed by atoms with Gasteiger partial charge in [0.2, 0.25) is 0 Å². The summed E-state index contributed by atoms with van der Waals surface area (Å²) in [6.07, 6.45) is 13.9. The van der Waals surface area contributed by atoms with E-state index in [0.29, 0.717) is 24.7 Å². The van der Waals surface area contributed by atoms with E-state index in [0.717, 1.165) is 38.5 Å². The van der Waals surface area contributed by atoms with Gasteiger partial charge in [-0.1, -0.05) is 83.4 Å². The third-order valence-corrected chi connectivity index (χ3v) is 8.99. The van der Waals surface area contributed by atoms with Crippen LogP contribution in [0.25, 0.3) is 0 Å². The summed E-state index contributed by atoms with van der Waals surface area (Å²) in [7, 11) is 0. The Bertz CT molecular complexity index is 947. The van der Waals surface area contributed by atoms with Gasteiger partial charge in [0.1, 0.15) is 17.7 Å². The van der Waals surface area contributed by atoms with Gasteiger partial charge in [0.05, 0.1) is 18.1 Å². The largest absolute Gasteiger partial charge is 0.461 e. The van der Waals surface area contributed by atoms with Crippen LogP contribution in [0, 0.1) is 35.5 Å². The van der Waals surface area contributed by atoms with Crippen LogP contribution in [-0.4, -0.2) is 46.1 Å². The summed E-state index contributed by atoms with van der Waals surface area (Å²) in [5, 5.41) is 21.0. The number of Topliss-reactive ketones (excluding diaryl/α,β-unsaturated/α-hetero) is 2. The van der Waals surface area contributed by atoms with Gasteiger partial charge < -0.3 is 14.9 Å². The van der Waals surface area contributed by atoms with Crippen molar-refractivity contribution in [3.63, 3.8) is 0 Å². The number of aliphatic hydroxyl groups excluding tert-OH is 2. The SMILES string of the molecule is CCC/C(=C\[C@@H](C)C/C=C/[C@@H](C)C[C@@H](C)C(C)=O)CC/C=C(\C)CCC(=O)C[C@H](O)[C@@H](C)[C@@H]1OC(=O)[C@@H](C)[C@H](O)[C@@H]1C. The number of allylic oxidation sites excluding steroid dienone is 6. The molecule has 0 unspecified atom stereocenters. The number of cyclic esters (lactones) is 1. The van der Waals surface area contributed by atoms with E-state index >= 15 is 0 Å². The molecule has 0 spiro atoms. The molecule has 0 aromatic heterocycles. The summed E-state index contributed by atoms with van der Waals surface area (Å²) in [5.74, 6) is -0.556. The van der Waals surface area contributed by atoms with E-state index in [9.17, 15) is 24.6 Å². The smallest absolute Gasteiger partial charge is 0.311 e. The van der Waals surface area contributed by atoms with Crippen LogP contribution in [0.15, 0.2) is 35.5 Å². The first kappa shape index (κ1) is 38.0. The molecule has 1 aliphatic rings. The number of hydrogen-bond donors (Lipinski definition) is 2. The molecule has 240 valence electrons. The number of esters is 1. The van der Waals surface area contributed by atoms with Gasteiger partial charge in [0.25, 0.3) is 0 Å². The quantitative estimate of drug-likeness (QED) is 0.119. The van der Waals surface area contributed by atoms with E-state index in [4.69, 9.17) is 4.74 Å². The maximum atomic E-state index is 12.6. The predicted octanol–water partition coefficient (Wildman–Crippen LogP) is 7.57. The van der Waals surface area contributed by atoms with Crippen molar-refractivity contribution in [3.8, 4) is 0 Å². The second-order valence-corrected chi connectivity index (χ2v) is 13.2. The summed E-state index contributed by atoms with van der Waals surface area (Å²) < 4.78 is 5.50. The molecule has 0 amide bonds. The van der Waals surface area contributed by atoms with Crippen molar-refractivity contribution < 1.29 is 29.3 Å². The molecule has 0 aromatic carbocycles. The number of hydrogen-bond acceptors (Lipinski definition) is 6. The van der Waals surface area contributed by atoms with Crippen molar-refractivity contribution in [1.82, 2.24) is 0 Å². The van der Waals surface area contributed by atoms with Crippen LogP contribution in [-0.2, 0) is 19.1 Å². The van der Waals surface area contributed by atoms with Gasteiger partial charge in [-0.25, -0.2) is 0 Å². The van der Waals surface area contributed by atoms with Crippen molar-refractivity contribution in [1.29, 1.82) is 0 Å². The van der Waals surface area contributed by atoms with Gasteiger partial charge in [-0.2, -0.15) is 0 Å². The first-order valence-corrected chi connectivity index (χ1v) is 16.3. The molecule has 1 fully saturated rings. The number of aliphatic hydroxyl groups is 2. The maximum absolute atomic E-state index is 12.6. The Morgan fingerprint density at radius 3 is 2.29 bits per heavy atom. The summed E-state index contributed by atoms with van der Waals surface area (Å²) in [6.45, 7) is 17.6. The van der Waals surface area contributed by atoms with Crippen LogP contribution >= 0.6 is 0 Å². The Labute approximate surface area is 256 Å². The van der Waals surface area contributed by atoms with Crippen molar-refractivity contribution in [2.75, 3.05) is 0 Å². The summed E-state index contributed by atoms with van der Waals surface area (Å²) in [5.41, 5.74) is 2.66. The number of carbonyl (C=O) groups excluding carboxylic acids is 3. The van der Waals surface area contributed by atoms with Crippen molar-refractivity contribution in [2.45, 2.75) is 138 Å². The molecule has 6 nitrogen and oxygen atoms in total. The van der Waals surface area contributed by atoms with E-state index in [2.05, 4.69) is 52.0 Å². The lowest BCUT2D eigenvalue weighted by atomic mass is 9.79. The van der Waals surface area contributed by atoms with Crippen molar-refractivity contribution in [3.05, 3.63) is 35.5 Å². The lowest BCUT2D eigenvalue weighted by Gasteiger charge is -2.40. The summed E-state index contributed by atoms with van der Waals surface area (Å²) in [4.78, 5) is 36.2. The van der Waals surface area contributed by atoms with E-state index in [1.807, 2.05) is 13.8 Å². The Morgan fingerprint density at radius 2 is 1.67 bits per heavy atom. The minimum Gasteiger partial charge on any atom is -0.461 e. The molecular formula is C36H60O6. The first-order valence-electron chi connectivity index (χ1n) is 16.3. The fourth-order valence-corrected chi connectivity index (χ4v) is 5.82. The van der Waals surface area contributed by atoms with Crippen molar-refractivity contribution in [2.24, 2.45) is 35.5 Å². The molecule has 0 aliphatic carbocycles. The average Bonchev–Trinajstić information content (AvgIpc) is 2.92. The van der Waals surface area contributed by atoms with Gasteiger partial charge in [0.15, 0.2) is 0 Å². The molecule has 1 heterocycles. The monoisotopic (exact) mass is 588 g/mol. The fraction of sp³-hybridized carbons (Fsp3) is 0.750. The fourth-order valence-electron chi connectivity index (χ4n) is 5.82. The molecule has 1 aliphatic heterocycles. The van der Waals surface area contributed by atoms with Crippen LogP contribution in [0.2, 0.25) is 0 Å². The van der Waals surface area contributed by atoms with Gasteiger partial charge in [0, 0.05) is 30.6 Å². The molecule has 42 heavy (non-hydrogen) atoms. The number of rotatable bonds is 19. The Hall–Kier alpha value is -2.05. The molecular weight excluding hydrogens is 528 g/mol. The molecule has 1 saturated heterocycles. The van der Waals surface area contributed by atoms with Gasteiger partial charge in [-0.05, 0) is 71.1 Å². The second kappa shape index (κ2) is 19.3. The Balaban J connectivity index is 2.51. The minimum absolute atomic E-state index is 0.00989. The number of ether oxygens (including phenoxy) is 1. The maximum Gasteiger partial charge on any atom is 0.311 e.